The number of methoxy groups -OCH3 is 1. The number of anilines is 1. The lowest BCUT2D eigenvalue weighted by atomic mass is 9.91. The third-order valence-corrected chi connectivity index (χ3v) is 7.50. The van der Waals surface area contributed by atoms with Gasteiger partial charge in [-0.25, -0.2) is 0 Å². The fourth-order valence-corrected chi connectivity index (χ4v) is 5.35. The smallest absolute Gasteiger partial charge is 0.292 e. The predicted molar refractivity (Wildman–Crippen MR) is 159 cm³/mol. The van der Waals surface area contributed by atoms with E-state index in [1.54, 1.807) is 5.57 Å². The SMILES string of the molecule is CC.CC1CCCCC1.COC=O.Cc1sc(C#CC(C)(C)C)cc1N(C=C1CC1)C1CCCCC1. The molecular weight excluding hydrogens is 462 g/mol. The molecule has 3 aliphatic carbocycles. The molecule has 3 aliphatic rings. The Kier molecular flexibility index (Phi) is 15.9. The van der Waals surface area contributed by atoms with E-state index in [2.05, 4.69) is 68.4 Å². The summed E-state index contributed by atoms with van der Waals surface area (Å²) in [6, 6.07) is 3.01. The van der Waals surface area contributed by atoms with Crippen molar-refractivity contribution < 1.29 is 9.53 Å². The van der Waals surface area contributed by atoms with Crippen molar-refractivity contribution in [2.75, 3.05) is 12.0 Å². The molecule has 204 valence electrons. The quantitative estimate of drug-likeness (QED) is 0.295. The zero-order chi connectivity index (χ0) is 27.0. The number of carbonyl (C=O) groups excluding carboxylic acids is 1. The average Bonchev–Trinajstić information content (AvgIpc) is 3.63. The molecule has 4 rings (SSSR count). The minimum Gasteiger partial charge on any atom is -0.471 e. The van der Waals surface area contributed by atoms with Gasteiger partial charge in [0.15, 0.2) is 0 Å². The van der Waals surface area contributed by atoms with E-state index in [1.165, 1.54) is 99.6 Å². The fraction of sp³-hybridized carbons (Fsp3) is 0.719. The van der Waals surface area contributed by atoms with Gasteiger partial charge in [0.25, 0.3) is 6.47 Å². The van der Waals surface area contributed by atoms with Crippen LogP contribution in [-0.4, -0.2) is 19.6 Å². The van der Waals surface area contributed by atoms with Crippen LogP contribution in [0.15, 0.2) is 17.8 Å². The Morgan fingerprint density at radius 3 is 1.94 bits per heavy atom. The minimum absolute atomic E-state index is 0.0666. The van der Waals surface area contributed by atoms with E-state index in [-0.39, 0.29) is 5.41 Å². The number of rotatable bonds is 4. The molecule has 3 fully saturated rings. The Morgan fingerprint density at radius 1 is 1.00 bits per heavy atom. The number of ether oxygens (including phenoxy) is 1. The molecule has 0 radical (unpaired) electrons. The number of allylic oxidation sites excluding steroid dienone is 1. The molecule has 0 N–H and O–H groups in total. The van der Waals surface area contributed by atoms with Gasteiger partial charge in [-0.05, 0) is 65.4 Å². The van der Waals surface area contributed by atoms with Gasteiger partial charge in [-0.15, -0.1) is 11.3 Å². The van der Waals surface area contributed by atoms with Crippen LogP contribution in [0.5, 0.6) is 0 Å². The zero-order valence-electron chi connectivity index (χ0n) is 24.5. The molecule has 0 aromatic carbocycles. The van der Waals surface area contributed by atoms with Crippen LogP contribution >= 0.6 is 11.3 Å². The first-order chi connectivity index (χ1) is 17.2. The standard InChI is InChI=1S/C21H29NS.C7H14.C2H4O2.C2H6/c1-16-20(14-19(23-16)12-13-21(2,3)4)22(15-17-10-11-17)18-8-6-5-7-9-18;1-7-5-3-2-4-6-7;1-4-2-3;1-2/h14-15,18H,5-11H2,1-4H3;7H,2-6H2,1H3;2H,1H3;1-2H3. The van der Waals surface area contributed by atoms with E-state index in [1.807, 2.05) is 25.2 Å². The van der Waals surface area contributed by atoms with Crippen LogP contribution in [0, 0.1) is 30.1 Å². The van der Waals surface area contributed by atoms with E-state index < -0.39 is 0 Å². The first kappa shape index (κ1) is 32.3. The summed E-state index contributed by atoms with van der Waals surface area (Å²) >= 11 is 1.85. The second-order valence-corrected chi connectivity index (χ2v) is 12.4. The summed E-state index contributed by atoms with van der Waals surface area (Å²) in [7, 11) is 1.31. The third kappa shape index (κ3) is 13.5. The summed E-state index contributed by atoms with van der Waals surface area (Å²) in [6.07, 6.45) is 19.3. The van der Waals surface area contributed by atoms with Gasteiger partial charge in [0.1, 0.15) is 0 Å². The highest BCUT2D eigenvalue weighted by Crippen LogP contribution is 2.38. The summed E-state index contributed by atoms with van der Waals surface area (Å²) in [6.45, 7) is 15.5. The van der Waals surface area contributed by atoms with Crippen LogP contribution < -0.4 is 4.90 Å². The minimum atomic E-state index is 0.0666. The second-order valence-electron chi connectivity index (χ2n) is 11.1. The number of hydrogen-bond donors (Lipinski definition) is 0. The van der Waals surface area contributed by atoms with Gasteiger partial charge in [0.05, 0.1) is 17.7 Å². The van der Waals surface area contributed by atoms with Crippen LogP contribution in [0.1, 0.15) is 128 Å². The third-order valence-electron chi connectivity index (χ3n) is 6.55. The van der Waals surface area contributed by atoms with Crippen LogP contribution in [-0.2, 0) is 9.53 Å². The van der Waals surface area contributed by atoms with Crippen molar-refractivity contribution >= 4 is 23.5 Å². The predicted octanol–water partition coefficient (Wildman–Crippen LogP) is 9.67. The largest absolute Gasteiger partial charge is 0.471 e. The molecule has 36 heavy (non-hydrogen) atoms. The maximum atomic E-state index is 8.95. The van der Waals surface area contributed by atoms with Crippen molar-refractivity contribution in [3.05, 3.63) is 27.6 Å². The number of thiophene rings is 1. The molecule has 0 unspecified atom stereocenters. The molecule has 0 bridgehead atoms. The Morgan fingerprint density at radius 2 is 1.53 bits per heavy atom. The normalized spacial score (nSPS) is 17.4. The zero-order valence-corrected chi connectivity index (χ0v) is 25.4. The highest BCUT2D eigenvalue weighted by Gasteiger charge is 2.25. The van der Waals surface area contributed by atoms with Gasteiger partial charge in [0.2, 0.25) is 0 Å². The van der Waals surface area contributed by atoms with Crippen LogP contribution in [0.25, 0.3) is 0 Å². The van der Waals surface area contributed by atoms with Gasteiger partial charge in [-0.1, -0.05) is 89.6 Å². The summed E-state index contributed by atoms with van der Waals surface area (Å²) in [5, 5.41) is 0. The van der Waals surface area contributed by atoms with E-state index in [9.17, 15) is 0 Å². The topological polar surface area (TPSA) is 29.5 Å². The first-order valence-electron chi connectivity index (χ1n) is 14.3. The number of hydrogen-bond acceptors (Lipinski definition) is 4. The van der Waals surface area contributed by atoms with Crippen molar-refractivity contribution in [2.45, 2.75) is 132 Å². The molecule has 1 heterocycles. The number of aryl methyl sites for hydroxylation is 1. The lowest BCUT2D eigenvalue weighted by Gasteiger charge is -2.33. The maximum Gasteiger partial charge on any atom is 0.292 e. The van der Waals surface area contributed by atoms with Crippen molar-refractivity contribution in [1.29, 1.82) is 0 Å². The molecule has 0 amide bonds. The highest BCUT2D eigenvalue weighted by molar-refractivity contribution is 7.13. The summed E-state index contributed by atoms with van der Waals surface area (Å²) in [5.74, 6) is 7.81. The van der Waals surface area contributed by atoms with Gasteiger partial charge < -0.3 is 9.64 Å². The van der Waals surface area contributed by atoms with Crippen molar-refractivity contribution in [2.24, 2.45) is 11.3 Å². The molecule has 1 aromatic rings. The number of carbonyl (C=O) groups is 1. The molecule has 0 aliphatic heterocycles. The fourth-order valence-electron chi connectivity index (χ4n) is 4.48. The second kappa shape index (κ2) is 17.7. The summed E-state index contributed by atoms with van der Waals surface area (Å²) in [4.78, 5) is 14.2. The number of nitrogens with zero attached hydrogens (tertiary/aromatic N) is 1. The van der Waals surface area contributed by atoms with Crippen molar-refractivity contribution in [3.63, 3.8) is 0 Å². The lowest BCUT2D eigenvalue weighted by molar-refractivity contribution is -0.126. The Balaban J connectivity index is 0.000000412. The molecule has 3 saturated carbocycles. The van der Waals surface area contributed by atoms with Crippen LogP contribution in [0.2, 0.25) is 0 Å². The average molecular weight is 516 g/mol. The van der Waals surface area contributed by atoms with E-state index >= 15 is 0 Å². The van der Waals surface area contributed by atoms with Gasteiger partial charge in [0, 0.05) is 22.5 Å². The highest BCUT2D eigenvalue weighted by atomic mass is 32.1. The summed E-state index contributed by atoms with van der Waals surface area (Å²) in [5.41, 5.74) is 3.08. The summed E-state index contributed by atoms with van der Waals surface area (Å²) < 4.78 is 3.86. The Labute approximate surface area is 227 Å². The molecule has 1 aromatic heterocycles. The molecule has 0 saturated heterocycles. The lowest BCUT2D eigenvalue weighted by Crippen LogP contribution is -2.32. The Hall–Kier alpha value is -1.73. The molecule has 4 heteroatoms. The van der Waals surface area contributed by atoms with Crippen LogP contribution in [0.3, 0.4) is 0 Å². The Bertz CT molecular complexity index is 819. The molecular formula is C32H53NO2S. The molecule has 0 atom stereocenters. The first-order valence-corrected chi connectivity index (χ1v) is 15.1. The maximum absolute atomic E-state index is 8.95. The molecule has 0 spiro atoms. The van der Waals surface area contributed by atoms with Gasteiger partial charge in [-0.3, -0.25) is 4.79 Å². The van der Waals surface area contributed by atoms with E-state index in [4.69, 9.17) is 4.79 Å². The van der Waals surface area contributed by atoms with E-state index in [0.29, 0.717) is 12.5 Å². The van der Waals surface area contributed by atoms with Crippen LogP contribution in [0.4, 0.5) is 5.69 Å². The van der Waals surface area contributed by atoms with Gasteiger partial charge in [-0.2, -0.15) is 0 Å². The molecule has 3 nitrogen and oxygen atoms in total. The van der Waals surface area contributed by atoms with E-state index in [0.717, 1.165) is 5.92 Å². The van der Waals surface area contributed by atoms with Crippen molar-refractivity contribution in [1.82, 2.24) is 0 Å². The monoisotopic (exact) mass is 515 g/mol. The van der Waals surface area contributed by atoms with Crippen molar-refractivity contribution in [3.8, 4) is 11.8 Å². The van der Waals surface area contributed by atoms with Gasteiger partial charge >= 0.3 is 0 Å².